The molecule has 2 aliphatic heterocycles. The summed E-state index contributed by atoms with van der Waals surface area (Å²) >= 11 is 0. The highest BCUT2D eigenvalue weighted by atomic mass is 16.5. The molecule has 1 radical (unpaired) electrons. The van der Waals surface area contributed by atoms with Crippen LogP contribution in [0.2, 0.25) is 0 Å². The van der Waals surface area contributed by atoms with Gasteiger partial charge in [0.05, 0.1) is 5.56 Å². The van der Waals surface area contributed by atoms with Gasteiger partial charge in [-0.25, -0.2) is 4.79 Å². The second kappa shape index (κ2) is 6.27. The molecule has 1 unspecified atom stereocenters. The summed E-state index contributed by atoms with van der Waals surface area (Å²) < 4.78 is 5.16. The summed E-state index contributed by atoms with van der Waals surface area (Å²) in [6.07, 6.45) is 5.86. The molecule has 0 saturated carbocycles. The molecule has 23 heavy (non-hydrogen) atoms. The average molecular weight is 314 g/mol. The van der Waals surface area contributed by atoms with Crippen molar-refractivity contribution >= 4 is 5.97 Å². The molecule has 1 fully saturated rings. The van der Waals surface area contributed by atoms with Crippen LogP contribution in [0.3, 0.4) is 0 Å². The number of hydrogen-bond donors (Lipinski definition) is 0. The van der Waals surface area contributed by atoms with Gasteiger partial charge in [0.2, 0.25) is 0 Å². The van der Waals surface area contributed by atoms with E-state index in [0.29, 0.717) is 18.1 Å². The number of rotatable bonds is 3. The van der Waals surface area contributed by atoms with Gasteiger partial charge >= 0.3 is 5.97 Å². The third kappa shape index (κ3) is 3.30. The molecule has 3 nitrogen and oxygen atoms in total. The Bertz CT molecular complexity index is 600. The molecular formula is C20H28NO2. The molecule has 1 aromatic carbocycles. The molecule has 1 aromatic rings. The molecule has 3 heteroatoms. The average Bonchev–Trinajstić information content (AvgIpc) is 2.88. The zero-order valence-electron chi connectivity index (χ0n) is 14.8. The maximum absolute atomic E-state index is 11.7. The van der Waals surface area contributed by atoms with Crippen molar-refractivity contribution in [2.75, 3.05) is 13.1 Å². The van der Waals surface area contributed by atoms with Gasteiger partial charge in [-0.3, -0.25) is 4.90 Å². The number of hydrogen-bond acceptors (Lipinski definition) is 3. The van der Waals surface area contributed by atoms with Crippen molar-refractivity contribution in [1.82, 2.24) is 4.90 Å². The number of carbonyl (C=O) groups is 1. The number of fused-ring (bicyclic) bond motifs is 1. The van der Waals surface area contributed by atoms with Gasteiger partial charge in [0.25, 0.3) is 0 Å². The predicted octanol–water partition coefficient (Wildman–Crippen LogP) is 3.92. The molecule has 0 N–H and O–H groups in total. The van der Waals surface area contributed by atoms with E-state index in [4.69, 9.17) is 4.74 Å². The normalized spacial score (nSPS) is 22.1. The standard InChI is InChI=1S/C20H28NO2/c1-14-15(8-9-16-17(14)13-23-19(16)22)10-12-21-11-6-5-7-18(21)20(2,3)4/h5,8-9,18H,6-7,10-13H2,1-4H3. The monoisotopic (exact) mass is 314 g/mol. The van der Waals surface area contributed by atoms with Gasteiger partial charge in [-0.15, -0.1) is 0 Å². The van der Waals surface area contributed by atoms with Crippen molar-refractivity contribution in [1.29, 1.82) is 0 Å². The van der Waals surface area contributed by atoms with Crippen LogP contribution in [-0.4, -0.2) is 30.0 Å². The highest BCUT2D eigenvalue weighted by molar-refractivity contribution is 5.93. The third-order valence-corrected chi connectivity index (χ3v) is 5.40. The van der Waals surface area contributed by atoms with E-state index in [1.807, 2.05) is 6.07 Å². The first-order valence-corrected chi connectivity index (χ1v) is 8.72. The number of ether oxygens (including phenoxy) is 1. The van der Waals surface area contributed by atoms with E-state index in [9.17, 15) is 4.79 Å². The largest absolute Gasteiger partial charge is 0.457 e. The molecule has 0 aromatic heterocycles. The second-order valence-corrected chi connectivity index (χ2v) is 7.93. The predicted molar refractivity (Wildman–Crippen MR) is 92.4 cm³/mol. The van der Waals surface area contributed by atoms with E-state index in [0.717, 1.165) is 30.6 Å². The molecule has 0 amide bonds. The number of esters is 1. The lowest BCUT2D eigenvalue weighted by atomic mass is 9.80. The summed E-state index contributed by atoms with van der Waals surface area (Å²) in [6.45, 7) is 11.8. The summed E-state index contributed by atoms with van der Waals surface area (Å²) in [7, 11) is 0. The summed E-state index contributed by atoms with van der Waals surface area (Å²) in [5.74, 6) is -0.172. The number of piperidine rings is 1. The van der Waals surface area contributed by atoms with Crippen molar-refractivity contribution in [3.8, 4) is 0 Å². The summed E-state index contributed by atoms with van der Waals surface area (Å²) in [6, 6.07) is 4.68. The third-order valence-electron chi connectivity index (χ3n) is 5.40. The Morgan fingerprint density at radius 2 is 2.09 bits per heavy atom. The van der Waals surface area contributed by atoms with E-state index in [1.165, 1.54) is 24.0 Å². The molecule has 0 spiro atoms. The van der Waals surface area contributed by atoms with Gasteiger partial charge in [-0.05, 0) is 61.8 Å². The summed E-state index contributed by atoms with van der Waals surface area (Å²) in [5.41, 5.74) is 4.75. The van der Waals surface area contributed by atoms with Crippen LogP contribution in [-0.2, 0) is 17.8 Å². The lowest BCUT2D eigenvalue weighted by molar-refractivity contribution is 0.0535. The molecule has 2 aliphatic rings. The van der Waals surface area contributed by atoms with Crippen LogP contribution in [0.4, 0.5) is 0 Å². The zero-order chi connectivity index (χ0) is 16.6. The summed E-state index contributed by atoms with van der Waals surface area (Å²) in [5, 5.41) is 0. The number of nitrogens with zero attached hydrogens (tertiary/aromatic N) is 1. The fourth-order valence-electron chi connectivity index (χ4n) is 3.94. The van der Waals surface area contributed by atoms with E-state index >= 15 is 0 Å². The van der Waals surface area contributed by atoms with Crippen LogP contribution in [0, 0.1) is 18.8 Å². The minimum Gasteiger partial charge on any atom is -0.457 e. The van der Waals surface area contributed by atoms with Crippen molar-refractivity contribution in [3.05, 3.63) is 40.8 Å². The minimum absolute atomic E-state index is 0.172. The zero-order valence-corrected chi connectivity index (χ0v) is 14.8. The van der Waals surface area contributed by atoms with Crippen molar-refractivity contribution in [2.24, 2.45) is 5.41 Å². The first-order chi connectivity index (χ1) is 10.9. The quantitative estimate of drug-likeness (QED) is 0.792. The number of cyclic esters (lactones) is 1. The van der Waals surface area contributed by atoms with E-state index in [1.54, 1.807) is 0 Å². The van der Waals surface area contributed by atoms with Gasteiger partial charge in [0, 0.05) is 18.2 Å². The van der Waals surface area contributed by atoms with Crippen LogP contribution >= 0.6 is 0 Å². The lowest BCUT2D eigenvalue weighted by Gasteiger charge is -2.43. The molecule has 0 aliphatic carbocycles. The van der Waals surface area contributed by atoms with Crippen LogP contribution in [0.5, 0.6) is 0 Å². The minimum atomic E-state index is -0.172. The fraction of sp³-hybridized carbons (Fsp3) is 0.600. The molecule has 125 valence electrons. The Hall–Kier alpha value is -1.35. The van der Waals surface area contributed by atoms with Gasteiger partial charge in [-0.1, -0.05) is 26.8 Å². The first kappa shape index (κ1) is 16.5. The molecular weight excluding hydrogens is 286 g/mol. The second-order valence-electron chi connectivity index (χ2n) is 7.93. The Kier molecular flexibility index (Phi) is 4.50. The lowest BCUT2D eigenvalue weighted by Crippen LogP contribution is -2.48. The Morgan fingerprint density at radius 1 is 1.30 bits per heavy atom. The van der Waals surface area contributed by atoms with Crippen molar-refractivity contribution in [3.63, 3.8) is 0 Å². The first-order valence-electron chi connectivity index (χ1n) is 8.72. The molecule has 1 atom stereocenters. The number of carbonyl (C=O) groups excluding carboxylic acids is 1. The van der Waals surface area contributed by atoms with E-state index in [-0.39, 0.29) is 5.97 Å². The maximum atomic E-state index is 11.7. The Balaban J connectivity index is 1.72. The van der Waals surface area contributed by atoms with E-state index in [2.05, 4.69) is 45.1 Å². The number of likely N-dealkylation sites (tertiary alicyclic amines) is 1. The van der Waals surface area contributed by atoms with Crippen molar-refractivity contribution < 1.29 is 9.53 Å². The van der Waals surface area contributed by atoms with Crippen LogP contribution in [0.1, 0.15) is 60.7 Å². The van der Waals surface area contributed by atoms with Gasteiger partial charge in [-0.2, -0.15) is 0 Å². The van der Waals surface area contributed by atoms with Gasteiger partial charge < -0.3 is 4.74 Å². The van der Waals surface area contributed by atoms with Gasteiger partial charge in [0.15, 0.2) is 0 Å². The maximum Gasteiger partial charge on any atom is 0.338 e. The highest BCUT2D eigenvalue weighted by Gasteiger charge is 2.32. The van der Waals surface area contributed by atoms with Crippen LogP contribution in [0.25, 0.3) is 0 Å². The topological polar surface area (TPSA) is 29.5 Å². The highest BCUT2D eigenvalue weighted by Crippen LogP contribution is 2.32. The van der Waals surface area contributed by atoms with Crippen LogP contribution < -0.4 is 0 Å². The Labute approximate surface area is 140 Å². The van der Waals surface area contributed by atoms with Crippen LogP contribution in [0.15, 0.2) is 12.1 Å². The SMILES string of the molecule is Cc1c(CCN2CC[CH]CC2C(C)(C)C)ccc2c1COC2=O. The molecule has 1 saturated heterocycles. The molecule has 2 heterocycles. The fourth-order valence-corrected chi connectivity index (χ4v) is 3.94. The summed E-state index contributed by atoms with van der Waals surface area (Å²) in [4.78, 5) is 14.3. The smallest absolute Gasteiger partial charge is 0.338 e. The van der Waals surface area contributed by atoms with Gasteiger partial charge in [0.1, 0.15) is 6.61 Å². The Morgan fingerprint density at radius 3 is 2.83 bits per heavy atom. The molecule has 3 rings (SSSR count). The van der Waals surface area contributed by atoms with E-state index < -0.39 is 0 Å². The molecule has 0 bridgehead atoms. The number of benzene rings is 1. The van der Waals surface area contributed by atoms with Crippen molar-refractivity contribution in [2.45, 2.75) is 59.6 Å².